The van der Waals surface area contributed by atoms with Crippen LogP contribution in [0.15, 0.2) is 21.9 Å². The average Bonchev–Trinajstić information content (AvgIpc) is 3.13. The largest absolute Gasteiger partial charge is 0.479 e. The van der Waals surface area contributed by atoms with Crippen LogP contribution in [-0.4, -0.2) is 118 Å². The number of hydrogen-bond donors (Lipinski definition) is 9. The van der Waals surface area contributed by atoms with Gasteiger partial charge >= 0.3 is 21.1 Å². The van der Waals surface area contributed by atoms with Crippen molar-refractivity contribution in [3.8, 4) is 0 Å². The van der Waals surface area contributed by atoms with E-state index in [4.69, 9.17) is 9.47 Å². The van der Waals surface area contributed by atoms with Crippen molar-refractivity contribution in [2.75, 3.05) is 18.7 Å². The molecule has 2 aliphatic rings. The standard InChI is InChI=1S/C18H29N3O16P2S/c1-7(23)19-11-14(27)12(25)8(4-22)36-17(11)40-6-38(30,31)37-39(32,33)34-5-9-13(26)15(28)16(35-9)21-3-2-10(24)20-18(21)29/h2-3,8-9,11-17,22,25-28H,4-6H2,1H3,(H,19,23)(H,30,31)(H,32,33)(H,20,24,29)/t8-,9-,11-,12-,13-,14-,15-,16-,17-/m1/s1. The minimum Gasteiger partial charge on any atom is -0.394 e. The number of aliphatic hydroxyl groups is 5. The Morgan fingerprint density at radius 2 is 1.75 bits per heavy atom. The van der Waals surface area contributed by atoms with Gasteiger partial charge in [0.1, 0.15) is 42.1 Å². The predicted molar refractivity (Wildman–Crippen MR) is 132 cm³/mol. The Bertz CT molecular complexity index is 1260. The highest BCUT2D eigenvalue weighted by molar-refractivity contribution is 8.05. The van der Waals surface area contributed by atoms with E-state index in [1.165, 1.54) is 0 Å². The molecule has 2 fully saturated rings. The second-order valence-electron chi connectivity index (χ2n) is 8.78. The van der Waals surface area contributed by atoms with Crippen LogP contribution >= 0.6 is 27.2 Å². The topological polar surface area (TPSA) is 297 Å². The van der Waals surface area contributed by atoms with Gasteiger partial charge in [0.2, 0.25) is 5.91 Å². The van der Waals surface area contributed by atoms with Gasteiger partial charge in [-0.05, 0) is 0 Å². The lowest BCUT2D eigenvalue weighted by molar-refractivity contribution is -0.173. The number of phosphoric acid groups is 1. The number of carbonyl (C=O) groups excluding carboxylic acids is 1. The van der Waals surface area contributed by atoms with E-state index in [-0.39, 0.29) is 0 Å². The molecule has 0 saturated carbocycles. The number of aromatic amines is 1. The van der Waals surface area contributed by atoms with Crippen molar-refractivity contribution in [1.29, 1.82) is 0 Å². The van der Waals surface area contributed by atoms with Gasteiger partial charge in [0.05, 0.1) is 24.7 Å². The number of aromatic nitrogens is 2. The van der Waals surface area contributed by atoms with Crippen LogP contribution in [0.3, 0.4) is 0 Å². The molecule has 3 rings (SSSR count). The number of H-pyrrole nitrogens is 1. The molecule has 0 bridgehead atoms. The molecule has 40 heavy (non-hydrogen) atoms. The van der Waals surface area contributed by atoms with Crippen molar-refractivity contribution in [3.63, 3.8) is 0 Å². The third-order valence-electron chi connectivity index (χ3n) is 5.75. The molecular weight excluding hydrogens is 608 g/mol. The third-order valence-corrected chi connectivity index (χ3v) is 10.7. The number of aliphatic hydroxyl groups excluding tert-OH is 5. The summed E-state index contributed by atoms with van der Waals surface area (Å²) in [6.45, 7) is -0.591. The van der Waals surface area contributed by atoms with Crippen LogP contribution in [0.2, 0.25) is 0 Å². The molecule has 2 saturated heterocycles. The summed E-state index contributed by atoms with van der Waals surface area (Å²) < 4.78 is 45.3. The van der Waals surface area contributed by atoms with Gasteiger partial charge in [0.25, 0.3) is 5.56 Å². The summed E-state index contributed by atoms with van der Waals surface area (Å²) in [5.74, 6) is -0.640. The Balaban J connectivity index is 1.60. The highest BCUT2D eigenvalue weighted by atomic mass is 32.2. The predicted octanol–water partition coefficient (Wildman–Crippen LogP) is -3.89. The van der Waals surface area contributed by atoms with Gasteiger partial charge in [0.15, 0.2) is 6.23 Å². The molecule has 9 N–H and O–H groups in total. The summed E-state index contributed by atoms with van der Waals surface area (Å²) in [5, 5.41) is 52.4. The highest BCUT2D eigenvalue weighted by Gasteiger charge is 2.47. The maximum absolute atomic E-state index is 12.5. The van der Waals surface area contributed by atoms with Crippen LogP contribution in [0.1, 0.15) is 13.2 Å². The summed E-state index contributed by atoms with van der Waals surface area (Å²) in [6.07, 6.45) is -10.1. The Morgan fingerprint density at radius 1 is 1.10 bits per heavy atom. The molecule has 11 atom stereocenters. The van der Waals surface area contributed by atoms with Crippen LogP contribution in [-0.2, 0) is 32.2 Å². The number of ether oxygens (including phenoxy) is 2. The Morgan fingerprint density at radius 3 is 2.35 bits per heavy atom. The first-order valence-corrected chi connectivity index (χ1v) is 15.7. The summed E-state index contributed by atoms with van der Waals surface area (Å²) >= 11 is 0.464. The zero-order valence-electron chi connectivity index (χ0n) is 20.5. The molecule has 228 valence electrons. The maximum atomic E-state index is 12.5. The molecule has 3 heterocycles. The monoisotopic (exact) mass is 637 g/mol. The molecule has 1 aromatic heterocycles. The lowest BCUT2D eigenvalue weighted by atomic mass is 9.98. The van der Waals surface area contributed by atoms with Gasteiger partial charge in [0, 0.05) is 19.2 Å². The number of thioether (sulfide) groups is 1. The fourth-order valence-electron chi connectivity index (χ4n) is 3.88. The van der Waals surface area contributed by atoms with E-state index in [9.17, 15) is 58.8 Å². The number of hydrogen-bond acceptors (Lipinski definition) is 15. The van der Waals surface area contributed by atoms with Crippen LogP contribution in [0.5, 0.6) is 0 Å². The normalized spacial score (nSPS) is 35.5. The maximum Gasteiger partial charge on any atom is 0.479 e. The van der Waals surface area contributed by atoms with Crippen molar-refractivity contribution < 1.29 is 67.6 Å². The molecule has 0 spiro atoms. The first kappa shape index (κ1) is 33.0. The second kappa shape index (κ2) is 13.2. The first-order chi connectivity index (χ1) is 18.5. The molecule has 2 unspecified atom stereocenters. The van der Waals surface area contributed by atoms with Gasteiger partial charge in [-0.25, -0.2) is 13.7 Å². The number of nitrogens with zero attached hydrogens (tertiary/aromatic N) is 1. The molecule has 19 nitrogen and oxygen atoms in total. The Hall–Kier alpha value is -1.48. The van der Waals surface area contributed by atoms with E-state index in [1.807, 2.05) is 4.98 Å². The average molecular weight is 637 g/mol. The number of amides is 1. The number of rotatable bonds is 11. The van der Waals surface area contributed by atoms with Crippen LogP contribution in [0.4, 0.5) is 0 Å². The van der Waals surface area contributed by atoms with Crippen molar-refractivity contribution in [3.05, 3.63) is 33.1 Å². The van der Waals surface area contributed by atoms with Crippen molar-refractivity contribution in [2.24, 2.45) is 0 Å². The molecule has 1 amide bonds. The number of phosphoric ester groups is 1. The zero-order chi connectivity index (χ0) is 30.0. The van der Waals surface area contributed by atoms with Gasteiger partial charge in [-0.2, -0.15) is 0 Å². The SMILES string of the molecule is CC(=O)N[C@@H]1[C@@H](O)[C@H](O)[C@@H](CO)O[C@@H]1SCP(=O)(O)OP(=O)(O)OC[C@H]1O[C@@H](n2ccc(=O)[nH]c2=O)[C@H](O)[C@@H]1O. The summed E-state index contributed by atoms with van der Waals surface area (Å²) in [7, 11) is -10.3. The van der Waals surface area contributed by atoms with E-state index in [2.05, 4.69) is 14.2 Å². The third kappa shape index (κ3) is 8.08. The van der Waals surface area contributed by atoms with E-state index in [1.54, 1.807) is 0 Å². The van der Waals surface area contributed by atoms with E-state index >= 15 is 0 Å². The van der Waals surface area contributed by atoms with Gasteiger partial charge in [-0.3, -0.25) is 28.2 Å². The number of nitrogens with one attached hydrogen (secondary N) is 2. The smallest absolute Gasteiger partial charge is 0.394 e. The summed E-state index contributed by atoms with van der Waals surface area (Å²) in [6, 6.07) is -0.350. The molecule has 0 aromatic carbocycles. The Kier molecular flexibility index (Phi) is 10.9. The molecule has 2 aliphatic heterocycles. The molecular formula is C18H29N3O16P2S. The lowest BCUT2D eigenvalue weighted by Gasteiger charge is -2.42. The van der Waals surface area contributed by atoms with Crippen LogP contribution in [0.25, 0.3) is 0 Å². The number of carbonyl (C=O) groups is 1. The van der Waals surface area contributed by atoms with E-state index in [0.717, 1.165) is 23.8 Å². The van der Waals surface area contributed by atoms with Crippen molar-refractivity contribution >= 4 is 33.1 Å². The zero-order valence-corrected chi connectivity index (χ0v) is 23.1. The second-order valence-corrected chi connectivity index (χ2v) is 13.7. The fraction of sp³-hybridized carbons (Fsp3) is 0.722. The fourth-order valence-corrected chi connectivity index (χ4v) is 8.31. The summed E-state index contributed by atoms with van der Waals surface area (Å²) in [5.41, 5.74) is -3.96. The minimum atomic E-state index is -5.32. The van der Waals surface area contributed by atoms with Crippen LogP contribution < -0.4 is 16.6 Å². The van der Waals surface area contributed by atoms with Crippen molar-refractivity contribution in [2.45, 2.75) is 61.3 Å². The van der Waals surface area contributed by atoms with E-state index in [0.29, 0.717) is 11.8 Å². The lowest BCUT2D eigenvalue weighted by Crippen LogP contribution is -2.63. The van der Waals surface area contributed by atoms with Gasteiger partial charge in [-0.15, -0.1) is 11.8 Å². The molecule has 0 radical (unpaired) electrons. The summed E-state index contributed by atoms with van der Waals surface area (Å²) in [4.78, 5) is 56.7. The Labute approximate surface area is 228 Å². The van der Waals surface area contributed by atoms with E-state index < -0.39 is 106 Å². The van der Waals surface area contributed by atoms with Gasteiger partial charge in [-0.1, -0.05) is 0 Å². The first-order valence-electron chi connectivity index (χ1n) is 11.4. The molecule has 0 aliphatic carbocycles. The van der Waals surface area contributed by atoms with Crippen LogP contribution in [0, 0.1) is 0 Å². The van der Waals surface area contributed by atoms with Crippen molar-refractivity contribution in [1.82, 2.24) is 14.9 Å². The molecule has 22 heteroatoms. The van der Waals surface area contributed by atoms with Gasteiger partial charge < -0.3 is 50.1 Å². The highest BCUT2D eigenvalue weighted by Crippen LogP contribution is 2.61. The minimum absolute atomic E-state index is 0.464. The molecule has 1 aromatic rings. The quantitative estimate of drug-likeness (QED) is 0.105.